The number of anilines is 3. The molecule has 9 heteroatoms. The van der Waals surface area contributed by atoms with Crippen molar-refractivity contribution in [2.75, 3.05) is 17.2 Å². The number of aromatic nitrogens is 2. The highest BCUT2D eigenvalue weighted by molar-refractivity contribution is 5.88. The van der Waals surface area contributed by atoms with Crippen LogP contribution in [0, 0.1) is 29.5 Å². The van der Waals surface area contributed by atoms with E-state index in [4.69, 9.17) is 4.74 Å². The summed E-state index contributed by atoms with van der Waals surface area (Å²) in [6, 6.07) is 6.18. The standard InChI is InChI=1S/C30H36FN5O3/c1-30(2,3)39-29(38)36-13-5-8-25(36)26(37)16-20-14-19(15-20)9-10-21-18-32-28(35-27(21)33-23-11-12-23)34-24-7-4-6-22(31)17-24/h4,6-7,17-20,23,25H,5,8,11-16H2,1-3H3,(H2,32,33,34,35)/t19?,20?,25-/m0/s1. The highest BCUT2D eigenvalue weighted by Gasteiger charge is 2.39. The van der Waals surface area contributed by atoms with Crippen LogP contribution in [-0.2, 0) is 9.53 Å². The summed E-state index contributed by atoms with van der Waals surface area (Å²) in [5.41, 5.74) is 0.725. The zero-order valence-electron chi connectivity index (χ0n) is 22.8. The molecule has 0 unspecified atom stereocenters. The van der Waals surface area contributed by atoms with E-state index in [1.165, 1.54) is 12.1 Å². The lowest BCUT2D eigenvalue weighted by atomic mass is 9.72. The van der Waals surface area contributed by atoms with E-state index in [2.05, 4.69) is 32.4 Å². The molecule has 0 spiro atoms. The normalized spacial score (nSPS) is 22.4. The van der Waals surface area contributed by atoms with Crippen LogP contribution in [-0.4, -0.2) is 51.0 Å². The molecule has 0 bridgehead atoms. The van der Waals surface area contributed by atoms with E-state index >= 15 is 0 Å². The van der Waals surface area contributed by atoms with Gasteiger partial charge in [0.25, 0.3) is 0 Å². The number of carbonyl (C=O) groups excluding carboxylic acids is 2. The fourth-order valence-corrected chi connectivity index (χ4v) is 5.02. The number of hydrogen-bond acceptors (Lipinski definition) is 7. The predicted octanol–water partition coefficient (Wildman–Crippen LogP) is 5.67. The van der Waals surface area contributed by atoms with Crippen LogP contribution in [0.4, 0.5) is 26.6 Å². The van der Waals surface area contributed by atoms with Crippen LogP contribution in [0.2, 0.25) is 0 Å². The molecule has 0 radical (unpaired) electrons. The second-order valence-electron chi connectivity index (χ2n) is 11.8. The second kappa shape index (κ2) is 11.2. The quantitative estimate of drug-likeness (QED) is 0.443. The van der Waals surface area contributed by atoms with Crippen molar-refractivity contribution in [3.05, 3.63) is 41.8 Å². The van der Waals surface area contributed by atoms with E-state index in [9.17, 15) is 14.0 Å². The summed E-state index contributed by atoms with van der Waals surface area (Å²) in [5, 5.41) is 6.47. The number of ketones is 1. The summed E-state index contributed by atoms with van der Waals surface area (Å²) < 4.78 is 19.0. The molecule has 2 N–H and O–H groups in total. The monoisotopic (exact) mass is 533 g/mol. The van der Waals surface area contributed by atoms with Gasteiger partial charge in [0.2, 0.25) is 5.95 Å². The Hall–Kier alpha value is -3.67. The molecule has 5 rings (SSSR count). The first-order valence-electron chi connectivity index (χ1n) is 13.8. The van der Waals surface area contributed by atoms with Gasteiger partial charge in [-0.05, 0) is 83.4 Å². The first kappa shape index (κ1) is 26.9. The summed E-state index contributed by atoms with van der Waals surface area (Å²) in [5.74, 6) is 7.93. The van der Waals surface area contributed by atoms with E-state index in [-0.39, 0.29) is 29.5 Å². The molecule has 1 aromatic heterocycles. The van der Waals surface area contributed by atoms with E-state index in [1.807, 2.05) is 20.8 Å². The lowest BCUT2D eigenvalue weighted by molar-refractivity contribution is -0.125. The first-order valence-corrected chi connectivity index (χ1v) is 13.8. The third kappa shape index (κ3) is 7.25. The zero-order valence-corrected chi connectivity index (χ0v) is 22.8. The van der Waals surface area contributed by atoms with Crippen LogP contribution in [0.25, 0.3) is 0 Å². The Morgan fingerprint density at radius 1 is 1.21 bits per heavy atom. The van der Waals surface area contributed by atoms with Crippen LogP contribution in [0.5, 0.6) is 0 Å². The van der Waals surface area contributed by atoms with Crippen molar-refractivity contribution < 1.29 is 18.7 Å². The topological polar surface area (TPSA) is 96.5 Å². The molecule has 206 valence electrons. The molecule has 2 saturated carbocycles. The Labute approximate surface area is 229 Å². The van der Waals surface area contributed by atoms with Gasteiger partial charge in [-0.15, -0.1) is 0 Å². The Bertz CT molecular complexity index is 1290. The van der Waals surface area contributed by atoms with Gasteiger partial charge in [0, 0.05) is 30.6 Å². The second-order valence-corrected chi connectivity index (χ2v) is 11.8. The molecule has 1 atom stereocenters. The van der Waals surface area contributed by atoms with Crippen LogP contribution >= 0.6 is 0 Å². The van der Waals surface area contributed by atoms with Gasteiger partial charge >= 0.3 is 6.09 Å². The third-order valence-electron chi connectivity index (χ3n) is 7.18. The van der Waals surface area contributed by atoms with E-state index < -0.39 is 11.7 Å². The molecular formula is C30H36FN5O3. The summed E-state index contributed by atoms with van der Waals surface area (Å²) in [6.07, 6.45) is 7.21. The molecule has 39 heavy (non-hydrogen) atoms. The predicted molar refractivity (Wildman–Crippen MR) is 147 cm³/mol. The number of rotatable bonds is 7. The average molecular weight is 534 g/mol. The van der Waals surface area contributed by atoms with Gasteiger partial charge in [0.15, 0.2) is 5.78 Å². The maximum atomic E-state index is 13.5. The number of halogens is 1. The van der Waals surface area contributed by atoms with Crippen molar-refractivity contribution in [3.8, 4) is 11.8 Å². The van der Waals surface area contributed by atoms with Gasteiger partial charge in [-0.25, -0.2) is 14.2 Å². The van der Waals surface area contributed by atoms with Gasteiger partial charge in [0.1, 0.15) is 17.2 Å². The fourth-order valence-electron chi connectivity index (χ4n) is 5.02. The van der Waals surface area contributed by atoms with Crippen LogP contribution in [0.15, 0.2) is 30.5 Å². The van der Waals surface area contributed by atoms with Crippen LogP contribution in [0.1, 0.15) is 71.3 Å². The number of hydrogen-bond donors (Lipinski definition) is 2. The van der Waals surface area contributed by atoms with Crippen molar-refractivity contribution in [2.45, 2.75) is 83.4 Å². The molecule has 2 aromatic rings. The van der Waals surface area contributed by atoms with E-state index in [0.29, 0.717) is 42.9 Å². The number of likely N-dealkylation sites (tertiary alicyclic amines) is 1. The summed E-state index contributed by atoms with van der Waals surface area (Å²) >= 11 is 0. The Kier molecular flexibility index (Phi) is 7.74. The van der Waals surface area contributed by atoms with E-state index in [1.54, 1.807) is 23.2 Å². The SMILES string of the molecule is CC(C)(C)OC(=O)N1CCC[C@H]1C(=O)CC1CC(C#Cc2cnc(Nc3cccc(F)c3)nc2NC2CC2)C1. The van der Waals surface area contributed by atoms with Crippen molar-refractivity contribution >= 4 is 29.3 Å². The molecule has 3 aliphatic rings. The highest BCUT2D eigenvalue weighted by Crippen LogP contribution is 2.37. The summed E-state index contributed by atoms with van der Waals surface area (Å²) in [7, 11) is 0. The maximum Gasteiger partial charge on any atom is 0.410 e. The van der Waals surface area contributed by atoms with Gasteiger partial charge in [-0.3, -0.25) is 9.69 Å². The molecule has 1 amide bonds. The molecule has 2 aliphatic carbocycles. The van der Waals surface area contributed by atoms with Crippen molar-refractivity contribution in [3.63, 3.8) is 0 Å². The number of amides is 1. The van der Waals surface area contributed by atoms with Crippen LogP contribution < -0.4 is 10.6 Å². The fraction of sp³-hybridized carbons (Fsp3) is 0.533. The molecular weight excluding hydrogens is 497 g/mol. The smallest absolute Gasteiger partial charge is 0.410 e. The minimum Gasteiger partial charge on any atom is -0.444 e. The lowest BCUT2D eigenvalue weighted by Gasteiger charge is -2.33. The van der Waals surface area contributed by atoms with Crippen molar-refractivity contribution in [1.82, 2.24) is 14.9 Å². The van der Waals surface area contributed by atoms with Gasteiger partial charge in [-0.1, -0.05) is 17.9 Å². The van der Waals surface area contributed by atoms with Crippen molar-refractivity contribution in [2.24, 2.45) is 11.8 Å². The van der Waals surface area contributed by atoms with Crippen LogP contribution in [0.3, 0.4) is 0 Å². The zero-order chi connectivity index (χ0) is 27.6. The first-order chi connectivity index (χ1) is 18.6. The molecule has 8 nitrogen and oxygen atoms in total. The number of ether oxygens (including phenoxy) is 1. The molecule has 1 saturated heterocycles. The molecule has 1 aromatic carbocycles. The molecule has 3 fully saturated rings. The number of nitrogens with one attached hydrogen (secondary N) is 2. The number of carbonyl (C=O) groups is 2. The highest BCUT2D eigenvalue weighted by atomic mass is 19.1. The Balaban J connectivity index is 1.16. The number of nitrogens with zero attached hydrogens (tertiary/aromatic N) is 3. The summed E-state index contributed by atoms with van der Waals surface area (Å²) in [6.45, 7) is 6.08. The average Bonchev–Trinajstić information content (AvgIpc) is 3.51. The molecule has 2 heterocycles. The minimum atomic E-state index is -0.579. The maximum absolute atomic E-state index is 13.5. The van der Waals surface area contributed by atoms with Gasteiger partial charge < -0.3 is 15.4 Å². The largest absolute Gasteiger partial charge is 0.444 e. The number of benzene rings is 1. The lowest BCUT2D eigenvalue weighted by Crippen LogP contribution is -2.44. The van der Waals surface area contributed by atoms with Gasteiger partial charge in [0.05, 0.1) is 17.8 Å². The Morgan fingerprint density at radius 3 is 2.72 bits per heavy atom. The van der Waals surface area contributed by atoms with Gasteiger partial charge in [-0.2, -0.15) is 4.98 Å². The van der Waals surface area contributed by atoms with Crippen molar-refractivity contribution in [1.29, 1.82) is 0 Å². The Morgan fingerprint density at radius 2 is 2.00 bits per heavy atom. The van der Waals surface area contributed by atoms with E-state index in [0.717, 1.165) is 37.7 Å². The summed E-state index contributed by atoms with van der Waals surface area (Å²) in [4.78, 5) is 36.1. The third-order valence-corrected chi connectivity index (χ3v) is 7.18. The molecule has 1 aliphatic heterocycles. The number of Topliss-reactive ketones (excluding diaryl/α,β-unsaturated/α-hetero) is 1. The minimum absolute atomic E-state index is 0.125.